The lowest BCUT2D eigenvalue weighted by Crippen LogP contribution is -2.12. The van der Waals surface area contributed by atoms with Crippen molar-refractivity contribution in [3.63, 3.8) is 0 Å². The molecule has 214 valence electrons. The van der Waals surface area contributed by atoms with E-state index in [-0.39, 0.29) is 11.8 Å². The summed E-state index contributed by atoms with van der Waals surface area (Å²) in [6.45, 7) is 4.12. The van der Waals surface area contributed by atoms with E-state index in [1.165, 1.54) is 6.33 Å². The average Bonchev–Trinajstić information content (AvgIpc) is 2.95. The Morgan fingerprint density at radius 1 is 0.905 bits per heavy atom. The molecule has 5 aromatic rings. The van der Waals surface area contributed by atoms with E-state index < -0.39 is 10.0 Å². The van der Waals surface area contributed by atoms with E-state index >= 15 is 0 Å². The lowest BCUT2D eigenvalue weighted by atomic mass is 10.1. The molecule has 0 bridgehead atoms. The van der Waals surface area contributed by atoms with Crippen LogP contribution in [-0.2, 0) is 10.0 Å². The molecule has 0 saturated carbocycles. The summed E-state index contributed by atoms with van der Waals surface area (Å²) in [6.07, 6.45) is 2.51. The highest BCUT2D eigenvalue weighted by Gasteiger charge is 2.15. The number of pyridine rings is 1. The molecule has 3 aromatic carbocycles. The lowest BCUT2D eigenvalue weighted by molar-refractivity contribution is 0.102. The number of nitrogens with zero attached hydrogens (tertiary/aromatic N) is 3. The van der Waals surface area contributed by atoms with Gasteiger partial charge in [0.2, 0.25) is 10.0 Å². The van der Waals surface area contributed by atoms with Crippen molar-refractivity contribution in [3.8, 4) is 11.5 Å². The number of hydrogen-bond acceptors (Lipinski definition) is 8. The van der Waals surface area contributed by atoms with E-state index in [2.05, 4.69) is 60.1 Å². The highest BCUT2D eigenvalue weighted by molar-refractivity contribution is 9.10. The number of carbonyl (C=O) groups excluding carboxylic acids is 1. The second-order valence-electron chi connectivity index (χ2n) is 9.78. The van der Waals surface area contributed by atoms with Crippen LogP contribution in [0.4, 0.5) is 22.9 Å². The first kappa shape index (κ1) is 29.0. The molecule has 12 heteroatoms. The third-order valence-electron chi connectivity index (χ3n) is 6.09. The largest absolute Gasteiger partial charge is 0.455 e. The molecule has 0 atom stereocenters. The van der Waals surface area contributed by atoms with Crippen molar-refractivity contribution in [1.29, 1.82) is 0 Å². The first-order valence-corrected chi connectivity index (χ1v) is 15.6. The zero-order valence-corrected chi connectivity index (χ0v) is 25.3. The second-order valence-corrected chi connectivity index (χ2v) is 12.4. The molecule has 0 radical (unpaired) electrons. The van der Waals surface area contributed by atoms with Crippen LogP contribution in [-0.4, -0.2) is 35.5 Å². The Labute approximate surface area is 251 Å². The molecular weight excluding hydrogens is 620 g/mol. The van der Waals surface area contributed by atoms with Crippen molar-refractivity contribution in [2.24, 2.45) is 0 Å². The number of fused-ring (bicyclic) bond motifs is 1. The summed E-state index contributed by atoms with van der Waals surface area (Å²) in [4.78, 5) is 26.6. The molecule has 0 fully saturated rings. The first-order valence-electron chi connectivity index (χ1n) is 12.9. The number of benzene rings is 3. The first-order chi connectivity index (χ1) is 20.0. The summed E-state index contributed by atoms with van der Waals surface area (Å²) < 4.78 is 32.6. The van der Waals surface area contributed by atoms with Crippen LogP contribution >= 0.6 is 15.9 Å². The maximum absolute atomic E-state index is 13.2. The number of sulfonamides is 1. The molecule has 2 heterocycles. The van der Waals surface area contributed by atoms with Gasteiger partial charge in [-0.3, -0.25) is 9.52 Å². The van der Waals surface area contributed by atoms with Gasteiger partial charge in [0, 0.05) is 27.1 Å². The molecule has 2 aromatic heterocycles. The highest BCUT2D eigenvalue weighted by Crippen LogP contribution is 2.35. The number of amides is 1. The van der Waals surface area contributed by atoms with Crippen molar-refractivity contribution >= 4 is 65.8 Å². The van der Waals surface area contributed by atoms with Crippen molar-refractivity contribution < 1.29 is 17.9 Å². The fraction of sp³-hybridized carbons (Fsp3) is 0.133. The predicted molar refractivity (Wildman–Crippen MR) is 168 cm³/mol. The molecule has 42 heavy (non-hydrogen) atoms. The normalized spacial score (nSPS) is 11.4. The molecule has 0 aliphatic heterocycles. The van der Waals surface area contributed by atoms with Crippen LogP contribution < -0.4 is 20.1 Å². The van der Waals surface area contributed by atoms with Crippen molar-refractivity contribution in [3.05, 3.63) is 101 Å². The Balaban J connectivity index is 1.49. The van der Waals surface area contributed by atoms with E-state index in [0.29, 0.717) is 51.0 Å². The van der Waals surface area contributed by atoms with E-state index in [4.69, 9.17) is 4.74 Å². The minimum atomic E-state index is -3.41. The fourth-order valence-corrected chi connectivity index (χ4v) is 4.86. The number of nitrogens with one attached hydrogen (secondary N) is 3. The van der Waals surface area contributed by atoms with Gasteiger partial charge < -0.3 is 15.4 Å². The topological polar surface area (TPSA) is 135 Å². The van der Waals surface area contributed by atoms with Crippen LogP contribution in [0.15, 0.2) is 89.7 Å². The van der Waals surface area contributed by atoms with Gasteiger partial charge in [0.05, 0.1) is 17.3 Å². The van der Waals surface area contributed by atoms with Crippen LogP contribution in [0.1, 0.15) is 35.8 Å². The number of aromatic nitrogens is 3. The van der Waals surface area contributed by atoms with Crippen molar-refractivity contribution in [1.82, 2.24) is 15.0 Å². The van der Waals surface area contributed by atoms with Gasteiger partial charge in [-0.05, 0) is 84.8 Å². The van der Waals surface area contributed by atoms with Crippen LogP contribution in [0.25, 0.3) is 11.0 Å². The number of ether oxygens (including phenoxy) is 1. The molecule has 5 rings (SSSR count). The molecule has 0 aliphatic carbocycles. The predicted octanol–water partition coefficient (Wildman–Crippen LogP) is 7.07. The minimum absolute atomic E-state index is 0.237. The zero-order chi connectivity index (χ0) is 29.9. The third kappa shape index (κ3) is 7.20. The standard InChI is InChI=1S/C30H27BrN6O4S/c1-18(2)25-14-13-24-28(35-25)32-17-33-29(24)36-26-16-19(30(38)34-21-7-5-20(31)6-8-21)4-15-27(26)41-23-11-9-22(10-12-23)37-42(3,39)40/h4-18,37H,1-3H3,(H,34,38)(H,32,33,35,36). The van der Waals surface area contributed by atoms with E-state index in [1.807, 2.05) is 24.3 Å². The second kappa shape index (κ2) is 12.1. The number of rotatable bonds is 9. The number of hydrogen-bond donors (Lipinski definition) is 3. The maximum atomic E-state index is 13.2. The van der Waals surface area contributed by atoms with Gasteiger partial charge in [-0.2, -0.15) is 0 Å². The monoisotopic (exact) mass is 646 g/mol. The van der Waals surface area contributed by atoms with Gasteiger partial charge in [-0.25, -0.2) is 23.4 Å². The fourth-order valence-electron chi connectivity index (χ4n) is 4.03. The summed E-state index contributed by atoms with van der Waals surface area (Å²) in [6, 6.07) is 22.6. The summed E-state index contributed by atoms with van der Waals surface area (Å²) in [7, 11) is -3.41. The number of carbonyl (C=O) groups is 1. The van der Waals surface area contributed by atoms with Crippen molar-refractivity contribution in [2.45, 2.75) is 19.8 Å². The van der Waals surface area contributed by atoms with Gasteiger partial charge in [0.25, 0.3) is 5.91 Å². The number of halogens is 1. The minimum Gasteiger partial charge on any atom is -0.455 e. The third-order valence-corrected chi connectivity index (χ3v) is 7.23. The van der Waals surface area contributed by atoms with E-state index in [9.17, 15) is 13.2 Å². The van der Waals surface area contributed by atoms with E-state index in [0.717, 1.165) is 16.4 Å². The smallest absolute Gasteiger partial charge is 0.255 e. The molecule has 0 saturated heterocycles. The molecule has 10 nitrogen and oxygen atoms in total. The van der Waals surface area contributed by atoms with Gasteiger partial charge in [0.15, 0.2) is 11.4 Å². The maximum Gasteiger partial charge on any atom is 0.255 e. The molecule has 0 spiro atoms. The Kier molecular flexibility index (Phi) is 8.36. The average molecular weight is 648 g/mol. The SMILES string of the molecule is CC(C)c1ccc2c(Nc3cc(C(=O)Nc4ccc(Br)cc4)ccc3Oc3ccc(NS(C)(=O)=O)cc3)ncnc2n1. The summed E-state index contributed by atoms with van der Waals surface area (Å²) in [5.41, 5.74) is 3.37. The molecular formula is C30H27BrN6O4S. The molecule has 0 aliphatic rings. The Morgan fingerprint density at radius 3 is 2.31 bits per heavy atom. The quantitative estimate of drug-likeness (QED) is 0.155. The Hall–Kier alpha value is -4.55. The van der Waals surface area contributed by atoms with Gasteiger partial charge in [-0.1, -0.05) is 29.8 Å². The van der Waals surface area contributed by atoms with Gasteiger partial charge in [-0.15, -0.1) is 0 Å². The molecule has 3 N–H and O–H groups in total. The van der Waals surface area contributed by atoms with Crippen LogP contribution in [0.2, 0.25) is 0 Å². The number of anilines is 4. The van der Waals surface area contributed by atoms with Crippen molar-refractivity contribution in [2.75, 3.05) is 21.6 Å². The van der Waals surface area contributed by atoms with Gasteiger partial charge in [0.1, 0.15) is 17.9 Å². The highest BCUT2D eigenvalue weighted by atomic mass is 79.9. The summed E-state index contributed by atoms with van der Waals surface area (Å²) >= 11 is 3.40. The van der Waals surface area contributed by atoms with Crippen LogP contribution in [0, 0.1) is 0 Å². The van der Waals surface area contributed by atoms with E-state index in [1.54, 1.807) is 54.6 Å². The molecule has 0 unspecified atom stereocenters. The Morgan fingerprint density at radius 2 is 1.62 bits per heavy atom. The van der Waals surface area contributed by atoms with Crippen LogP contribution in [0.5, 0.6) is 11.5 Å². The Bertz CT molecular complexity index is 1860. The lowest BCUT2D eigenvalue weighted by Gasteiger charge is -2.16. The summed E-state index contributed by atoms with van der Waals surface area (Å²) in [5, 5.41) is 6.90. The summed E-state index contributed by atoms with van der Waals surface area (Å²) in [5.74, 6) is 1.29. The molecule has 1 amide bonds. The van der Waals surface area contributed by atoms with Crippen LogP contribution in [0.3, 0.4) is 0 Å². The zero-order valence-electron chi connectivity index (χ0n) is 22.9. The van der Waals surface area contributed by atoms with Gasteiger partial charge >= 0.3 is 0 Å².